The van der Waals surface area contributed by atoms with E-state index >= 15 is 0 Å². The highest BCUT2D eigenvalue weighted by Crippen LogP contribution is 2.37. The van der Waals surface area contributed by atoms with Crippen LogP contribution < -0.4 is 14.4 Å². The summed E-state index contributed by atoms with van der Waals surface area (Å²) in [4.78, 5) is 9.46. The lowest BCUT2D eigenvalue weighted by Crippen LogP contribution is -2.20. The molecule has 1 heterocycles. The fourth-order valence-corrected chi connectivity index (χ4v) is 2.20. The number of alkyl halides is 3. The van der Waals surface area contributed by atoms with Crippen molar-refractivity contribution in [2.75, 3.05) is 18.6 Å². The molecule has 0 spiro atoms. The van der Waals surface area contributed by atoms with E-state index in [9.17, 15) is 13.2 Å². The van der Waals surface area contributed by atoms with E-state index < -0.39 is 23.7 Å². The first-order chi connectivity index (χ1) is 12.3. The minimum atomic E-state index is -4.59. The number of para-hydroxylation sites is 2. The Morgan fingerprint density at radius 1 is 1.19 bits per heavy atom. The quantitative estimate of drug-likeness (QED) is 0.699. The van der Waals surface area contributed by atoms with Crippen LogP contribution in [0, 0.1) is 0 Å². The maximum atomic E-state index is 13.2. The molecule has 1 unspecified atom stereocenters. The minimum Gasteiger partial charge on any atom is -0.492 e. The molecule has 0 bridgehead atoms. The van der Waals surface area contributed by atoms with Crippen LogP contribution >= 0.6 is 0 Å². The molecule has 0 radical (unpaired) electrons. The molecule has 0 N–H and O–H groups in total. The second-order valence-electron chi connectivity index (χ2n) is 5.68. The van der Waals surface area contributed by atoms with Gasteiger partial charge in [-0.15, -0.1) is 0 Å². The lowest BCUT2D eigenvalue weighted by atomic mass is 10.2. The fourth-order valence-electron chi connectivity index (χ4n) is 2.20. The Kier molecular flexibility index (Phi) is 6.28. The zero-order valence-corrected chi connectivity index (χ0v) is 15.2. The predicted molar refractivity (Wildman–Crippen MR) is 93.1 cm³/mol. The molecule has 1 aromatic carbocycles. The van der Waals surface area contributed by atoms with E-state index in [1.807, 2.05) is 19.9 Å². The Morgan fingerprint density at radius 2 is 1.88 bits per heavy atom. The van der Waals surface area contributed by atoms with Crippen molar-refractivity contribution in [2.45, 2.75) is 39.5 Å². The molecule has 0 saturated heterocycles. The molecule has 142 valence electrons. The summed E-state index contributed by atoms with van der Waals surface area (Å²) in [5.41, 5.74) is -0.350. The maximum Gasteiger partial charge on any atom is 0.423 e. The molecule has 0 amide bonds. The number of rotatable bonds is 7. The van der Waals surface area contributed by atoms with E-state index in [0.717, 1.165) is 6.20 Å². The van der Waals surface area contributed by atoms with Gasteiger partial charge < -0.3 is 14.4 Å². The van der Waals surface area contributed by atoms with Crippen LogP contribution in [-0.2, 0) is 6.18 Å². The highest BCUT2D eigenvalue weighted by molar-refractivity contribution is 5.65. The molecule has 1 aromatic heterocycles. The van der Waals surface area contributed by atoms with Gasteiger partial charge in [0.1, 0.15) is 11.3 Å². The third kappa shape index (κ3) is 4.56. The SMILES string of the molecule is CCOc1ccccc1N(C)c1ncc(C(F)(F)F)c(OC(C)CC)n1. The molecule has 8 heteroatoms. The van der Waals surface area contributed by atoms with E-state index in [1.165, 1.54) is 0 Å². The number of aromatic nitrogens is 2. The highest BCUT2D eigenvalue weighted by atomic mass is 19.4. The molecule has 0 saturated carbocycles. The smallest absolute Gasteiger partial charge is 0.423 e. The Balaban J connectivity index is 2.45. The molecule has 0 aliphatic heterocycles. The predicted octanol–water partition coefficient (Wildman–Crippen LogP) is 4.84. The van der Waals surface area contributed by atoms with Gasteiger partial charge in [-0.1, -0.05) is 19.1 Å². The third-order valence-electron chi connectivity index (χ3n) is 3.76. The molecule has 2 aromatic rings. The Hall–Kier alpha value is -2.51. The highest BCUT2D eigenvalue weighted by Gasteiger charge is 2.37. The summed E-state index contributed by atoms with van der Waals surface area (Å²) in [6.07, 6.45) is -3.69. The third-order valence-corrected chi connectivity index (χ3v) is 3.76. The van der Waals surface area contributed by atoms with Gasteiger partial charge in [0.2, 0.25) is 11.8 Å². The second-order valence-corrected chi connectivity index (χ2v) is 5.68. The summed E-state index contributed by atoms with van der Waals surface area (Å²) in [6.45, 7) is 5.82. The molecule has 0 aliphatic rings. The first-order valence-electron chi connectivity index (χ1n) is 8.34. The zero-order valence-electron chi connectivity index (χ0n) is 15.2. The molecule has 2 rings (SSSR count). The van der Waals surface area contributed by atoms with Crippen LogP contribution in [-0.4, -0.2) is 29.7 Å². The van der Waals surface area contributed by atoms with Crippen molar-refractivity contribution in [3.63, 3.8) is 0 Å². The van der Waals surface area contributed by atoms with E-state index in [2.05, 4.69) is 9.97 Å². The maximum absolute atomic E-state index is 13.2. The molecular weight excluding hydrogens is 347 g/mol. The van der Waals surface area contributed by atoms with Gasteiger partial charge >= 0.3 is 6.18 Å². The Labute approximate surface area is 150 Å². The molecular formula is C18H22F3N3O2. The average Bonchev–Trinajstić information content (AvgIpc) is 2.60. The topological polar surface area (TPSA) is 47.5 Å². The van der Waals surface area contributed by atoms with Crippen LogP contribution in [0.1, 0.15) is 32.8 Å². The molecule has 0 aliphatic carbocycles. The van der Waals surface area contributed by atoms with Crippen molar-refractivity contribution in [3.8, 4) is 11.6 Å². The summed E-state index contributed by atoms with van der Waals surface area (Å²) in [5.74, 6) is 0.200. The van der Waals surface area contributed by atoms with Crippen LogP contribution in [0.5, 0.6) is 11.6 Å². The number of benzene rings is 1. The summed E-state index contributed by atoms with van der Waals surface area (Å²) in [6, 6.07) is 7.17. The van der Waals surface area contributed by atoms with Gasteiger partial charge in [-0.25, -0.2) is 4.98 Å². The van der Waals surface area contributed by atoms with Crippen molar-refractivity contribution < 1.29 is 22.6 Å². The van der Waals surface area contributed by atoms with Crippen LogP contribution in [0.4, 0.5) is 24.8 Å². The van der Waals surface area contributed by atoms with Crippen molar-refractivity contribution in [2.24, 2.45) is 0 Å². The molecule has 5 nitrogen and oxygen atoms in total. The van der Waals surface area contributed by atoms with Gasteiger partial charge in [-0.05, 0) is 32.4 Å². The van der Waals surface area contributed by atoms with E-state index in [1.54, 1.807) is 37.1 Å². The van der Waals surface area contributed by atoms with E-state index in [0.29, 0.717) is 24.5 Å². The van der Waals surface area contributed by atoms with Crippen molar-refractivity contribution >= 4 is 11.6 Å². The van der Waals surface area contributed by atoms with Gasteiger partial charge in [0.05, 0.1) is 18.4 Å². The zero-order chi connectivity index (χ0) is 19.3. The second kappa shape index (κ2) is 8.25. The average molecular weight is 369 g/mol. The van der Waals surface area contributed by atoms with Crippen LogP contribution in [0.3, 0.4) is 0 Å². The van der Waals surface area contributed by atoms with Crippen molar-refractivity contribution in [1.29, 1.82) is 0 Å². The number of hydrogen-bond donors (Lipinski definition) is 0. The number of ether oxygens (including phenoxy) is 2. The van der Waals surface area contributed by atoms with Gasteiger partial charge in [0.25, 0.3) is 0 Å². The fraction of sp³-hybridized carbons (Fsp3) is 0.444. The summed E-state index contributed by atoms with van der Waals surface area (Å²) < 4.78 is 50.6. The standard InChI is InChI=1S/C18H22F3N3O2/c1-5-12(3)26-16-13(18(19,20)21)11-22-17(23-16)24(4)14-9-7-8-10-15(14)25-6-2/h7-12H,5-6H2,1-4H3. The number of hydrogen-bond acceptors (Lipinski definition) is 5. The number of halogens is 3. The lowest BCUT2D eigenvalue weighted by Gasteiger charge is -2.22. The summed E-state index contributed by atoms with van der Waals surface area (Å²) in [5, 5.41) is 0. The van der Waals surface area contributed by atoms with Gasteiger partial charge in [-0.2, -0.15) is 18.2 Å². The monoisotopic (exact) mass is 369 g/mol. The normalized spacial score (nSPS) is 12.6. The van der Waals surface area contributed by atoms with Crippen molar-refractivity contribution in [1.82, 2.24) is 9.97 Å². The first-order valence-corrected chi connectivity index (χ1v) is 8.34. The minimum absolute atomic E-state index is 0.0865. The Morgan fingerprint density at radius 3 is 2.50 bits per heavy atom. The first kappa shape index (κ1) is 19.8. The van der Waals surface area contributed by atoms with Crippen LogP contribution in [0.2, 0.25) is 0 Å². The lowest BCUT2D eigenvalue weighted by molar-refractivity contribution is -0.139. The van der Waals surface area contributed by atoms with Crippen LogP contribution in [0.15, 0.2) is 30.5 Å². The van der Waals surface area contributed by atoms with Crippen molar-refractivity contribution in [3.05, 3.63) is 36.0 Å². The summed E-state index contributed by atoms with van der Waals surface area (Å²) in [7, 11) is 1.66. The molecule has 26 heavy (non-hydrogen) atoms. The number of nitrogens with zero attached hydrogens (tertiary/aromatic N) is 3. The largest absolute Gasteiger partial charge is 0.492 e. The van der Waals surface area contributed by atoms with Gasteiger partial charge in [-0.3, -0.25) is 0 Å². The van der Waals surface area contributed by atoms with Gasteiger partial charge in [0.15, 0.2) is 0 Å². The van der Waals surface area contributed by atoms with Gasteiger partial charge in [0, 0.05) is 13.2 Å². The van der Waals surface area contributed by atoms with E-state index in [4.69, 9.17) is 9.47 Å². The number of anilines is 2. The van der Waals surface area contributed by atoms with Crippen LogP contribution in [0.25, 0.3) is 0 Å². The molecule has 1 atom stereocenters. The molecule has 0 fully saturated rings. The summed E-state index contributed by atoms with van der Waals surface area (Å²) >= 11 is 0. The van der Waals surface area contributed by atoms with E-state index in [-0.39, 0.29) is 5.95 Å². The Bertz CT molecular complexity index is 738.